The molecule has 0 aliphatic carbocycles. The van der Waals surface area contributed by atoms with Gasteiger partial charge in [0.1, 0.15) is 6.61 Å². The Balaban J connectivity index is 3.50. The third kappa shape index (κ3) is 42.9. The van der Waals surface area contributed by atoms with E-state index in [0.717, 1.165) is 44.9 Å². The standard InChI is InChI=1S/C49H90O5/c1-3-5-7-9-11-13-15-17-19-21-23-24-26-28-30-32-34-36-38-40-42-44-49(52)54-47(45-50)46-53-48(51)43-41-39-37-35-33-31-29-27-25-22-20-18-16-14-12-10-8-6-4-2/h12,14,17-20,47,50H,3-11,13,15-16,21-46H2,1-2H3/b14-12+,19-17+,20-18+/t47-/m0/s1. The van der Waals surface area contributed by atoms with Gasteiger partial charge in [-0.05, 0) is 70.6 Å². The van der Waals surface area contributed by atoms with Crippen LogP contribution in [0, 0.1) is 0 Å². The molecule has 0 spiro atoms. The van der Waals surface area contributed by atoms with Gasteiger partial charge in [0.2, 0.25) is 0 Å². The minimum atomic E-state index is -0.772. The lowest BCUT2D eigenvalue weighted by atomic mass is 10.0. The summed E-state index contributed by atoms with van der Waals surface area (Å²) < 4.78 is 10.7. The first-order valence-electron chi connectivity index (χ1n) is 23.5. The normalized spacial score (nSPS) is 12.4. The van der Waals surface area contributed by atoms with Gasteiger partial charge in [0, 0.05) is 12.8 Å². The third-order valence-electron chi connectivity index (χ3n) is 10.4. The van der Waals surface area contributed by atoms with Crippen molar-refractivity contribution in [2.75, 3.05) is 13.2 Å². The summed E-state index contributed by atoms with van der Waals surface area (Å²) in [7, 11) is 0. The van der Waals surface area contributed by atoms with Crippen molar-refractivity contribution in [3.8, 4) is 0 Å². The molecule has 316 valence electrons. The molecule has 0 unspecified atom stereocenters. The second-order valence-corrected chi connectivity index (χ2v) is 15.8. The predicted octanol–water partition coefficient (Wildman–Crippen LogP) is 15.2. The predicted molar refractivity (Wildman–Crippen MR) is 233 cm³/mol. The van der Waals surface area contributed by atoms with Crippen LogP contribution in [0.1, 0.15) is 245 Å². The lowest BCUT2D eigenvalue weighted by molar-refractivity contribution is -0.161. The third-order valence-corrected chi connectivity index (χ3v) is 10.4. The number of hydrogen-bond acceptors (Lipinski definition) is 5. The molecule has 0 aromatic heterocycles. The number of unbranched alkanes of at least 4 members (excludes halogenated alkanes) is 29. The molecule has 0 saturated heterocycles. The quantitative estimate of drug-likeness (QED) is 0.0381. The largest absolute Gasteiger partial charge is 0.462 e. The summed E-state index contributed by atoms with van der Waals surface area (Å²) in [4.78, 5) is 24.4. The fourth-order valence-corrected chi connectivity index (χ4v) is 6.82. The summed E-state index contributed by atoms with van der Waals surface area (Å²) in [5.74, 6) is -0.588. The average Bonchev–Trinajstić information content (AvgIpc) is 3.17. The summed E-state index contributed by atoms with van der Waals surface area (Å²) in [6, 6.07) is 0. The molecule has 0 aromatic rings. The van der Waals surface area contributed by atoms with Crippen molar-refractivity contribution >= 4 is 11.9 Å². The van der Waals surface area contributed by atoms with Gasteiger partial charge in [-0.15, -0.1) is 0 Å². The van der Waals surface area contributed by atoms with E-state index in [9.17, 15) is 14.7 Å². The van der Waals surface area contributed by atoms with Crippen LogP contribution in [0.25, 0.3) is 0 Å². The van der Waals surface area contributed by atoms with Crippen LogP contribution in [0.3, 0.4) is 0 Å². The highest BCUT2D eigenvalue weighted by molar-refractivity contribution is 5.70. The van der Waals surface area contributed by atoms with E-state index in [4.69, 9.17) is 9.47 Å². The number of ether oxygens (including phenoxy) is 2. The molecule has 1 N–H and O–H groups in total. The van der Waals surface area contributed by atoms with E-state index in [2.05, 4.69) is 50.3 Å². The van der Waals surface area contributed by atoms with Crippen LogP contribution >= 0.6 is 0 Å². The van der Waals surface area contributed by atoms with Crippen molar-refractivity contribution in [2.24, 2.45) is 0 Å². The number of carbonyl (C=O) groups is 2. The lowest BCUT2D eigenvalue weighted by Gasteiger charge is -2.15. The van der Waals surface area contributed by atoms with Gasteiger partial charge >= 0.3 is 11.9 Å². The molecule has 54 heavy (non-hydrogen) atoms. The van der Waals surface area contributed by atoms with Crippen LogP contribution in [-0.4, -0.2) is 36.4 Å². The van der Waals surface area contributed by atoms with Crippen LogP contribution in [-0.2, 0) is 19.1 Å². The minimum Gasteiger partial charge on any atom is -0.462 e. The molecule has 0 saturated carbocycles. The van der Waals surface area contributed by atoms with Gasteiger partial charge in [-0.2, -0.15) is 0 Å². The maximum atomic E-state index is 12.2. The van der Waals surface area contributed by atoms with Crippen LogP contribution in [0.4, 0.5) is 0 Å². The molecule has 5 heteroatoms. The second-order valence-electron chi connectivity index (χ2n) is 15.8. The van der Waals surface area contributed by atoms with E-state index in [1.54, 1.807) is 0 Å². The molecule has 0 heterocycles. The monoisotopic (exact) mass is 759 g/mol. The summed E-state index contributed by atoms with van der Waals surface area (Å²) in [5.41, 5.74) is 0. The first-order chi connectivity index (χ1) is 26.6. The molecule has 0 aliphatic rings. The molecule has 0 amide bonds. The molecule has 0 fully saturated rings. The van der Waals surface area contributed by atoms with E-state index in [0.29, 0.717) is 12.8 Å². The number of rotatable bonds is 43. The minimum absolute atomic E-state index is 0.0661. The maximum Gasteiger partial charge on any atom is 0.306 e. The molecule has 5 nitrogen and oxygen atoms in total. The summed E-state index contributed by atoms with van der Waals surface area (Å²) in [6.45, 7) is 4.13. The molecule has 0 radical (unpaired) electrons. The first-order valence-corrected chi connectivity index (χ1v) is 23.5. The van der Waals surface area contributed by atoms with Crippen molar-refractivity contribution in [3.05, 3.63) is 36.5 Å². The molecular formula is C49H90O5. The highest BCUT2D eigenvalue weighted by Gasteiger charge is 2.16. The number of esters is 2. The zero-order chi connectivity index (χ0) is 39.3. The van der Waals surface area contributed by atoms with Crippen molar-refractivity contribution in [2.45, 2.75) is 251 Å². The molecule has 0 aliphatic heterocycles. The van der Waals surface area contributed by atoms with Crippen LogP contribution in [0.5, 0.6) is 0 Å². The number of carbonyl (C=O) groups excluding carboxylic acids is 2. The Kier molecular flexibility index (Phi) is 43.9. The van der Waals surface area contributed by atoms with Gasteiger partial charge < -0.3 is 14.6 Å². The topological polar surface area (TPSA) is 72.8 Å². The van der Waals surface area contributed by atoms with Gasteiger partial charge in [0.25, 0.3) is 0 Å². The van der Waals surface area contributed by atoms with Crippen molar-refractivity contribution in [1.29, 1.82) is 0 Å². The van der Waals surface area contributed by atoms with Gasteiger partial charge in [0.15, 0.2) is 6.10 Å². The molecule has 1 atom stereocenters. The summed E-state index contributed by atoms with van der Waals surface area (Å²) in [6.07, 6.45) is 56.5. The molecule has 0 aromatic carbocycles. The Hall–Kier alpha value is -1.88. The highest BCUT2D eigenvalue weighted by atomic mass is 16.6. The number of allylic oxidation sites excluding steroid dienone is 6. The fraction of sp³-hybridized carbons (Fsp3) is 0.837. The van der Waals surface area contributed by atoms with Crippen LogP contribution < -0.4 is 0 Å². The van der Waals surface area contributed by atoms with E-state index in [-0.39, 0.29) is 25.2 Å². The smallest absolute Gasteiger partial charge is 0.306 e. The Morgan fingerprint density at radius 3 is 1.15 bits per heavy atom. The number of aliphatic hydroxyl groups is 1. The SMILES string of the molecule is CCCCC/C=C/C/C=C/CCCCCCCCCCCC(=O)OC[C@H](CO)OC(=O)CCCCCCCCCCCCC/C=C/CCCCCCCC. The molecule has 0 bridgehead atoms. The Labute approximate surface area is 336 Å². The number of hydrogen-bond donors (Lipinski definition) is 1. The second kappa shape index (κ2) is 45.5. The summed E-state index contributed by atoms with van der Waals surface area (Å²) >= 11 is 0. The Bertz CT molecular complexity index is 862. The highest BCUT2D eigenvalue weighted by Crippen LogP contribution is 2.15. The maximum absolute atomic E-state index is 12.2. The van der Waals surface area contributed by atoms with E-state index >= 15 is 0 Å². The lowest BCUT2D eigenvalue weighted by Crippen LogP contribution is -2.28. The Morgan fingerprint density at radius 1 is 0.426 bits per heavy atom. The van der Waals surface area contributed by atoms with Gasteiger partial charge in [-0.1, -0.05) is 198 Å². The molecule has 0 rings (SSSR count). The van der Waals surface area contributed by atoms with Crippen LogP contribution in [0.15, 0.2) is 36.5 Å². The first kappa shape index (κ1) is 52.1. The van der Waals surface area contributed by atoms with E-state index in [1.165, 1.54) is 173 Å². The number of aliphatic hydroxyl groups excluding tert-OH is 1. The van der Waals surface area contributed by atoms with Crippen molar-refractivity contribution < 1.29 is 24.2 Å². The summed E-state index contributed by atoms with van der Waals surface area (Å²) in [5, 5.41) is 9.60. The van der Waals surface area contributed by atoms with Crippen molar-refractivity contribution in [1.82, 2.24) is 0 Å². The van der Waals surface area contributed by atoms with E-state index < -0.39 is 6.10 Å². The van der Waals surface area contributed by atoms with Crippen LogP contribution in [0.2, 0.25) is 0 Å². The Morgan fingerprint density at radius 2 is 0.741 bits per heavy atom. The van der Waals surface area contributed by atoms with Crippen molar-refractivity contribution in [3.63, 3.8) is 0 Å². The molecular weight excluding hydrogens is 669 g/mol. The van der Waals surface area contributed by atoms with Gasteiger partial charge in [-0.25, -0.2) is 0 Å². The zero-order valence-electron chi connectivity index (χ0n) is 36.0. The average molecular weight is 759 g/mol. The zero-order valence-corrected chi connectivity index (χ0v) is 36.0. The van der Waals surface area contributed by atoms with E-state index in [1.807, 2.05) is 0 Å². The fourth-order valence-electron chi connectivity index (χ4n) is 6.82. The van der Waals surface area contributed by atoms with Gasteiger partial charge in [-0.3, -0.25) is 9.59 Å². The van der Waals surface area contributed by atoms with Gasteiger partial charge in [0.05, 0.1) is 6.61 Å².